The van der Waals surface area contributed by atoms with Crippen molar-refractivity contribution in [1.82, 2.24) is 9.88 Å². The molecule has 2 N–H and O–H groups in total. The topological polar surface area (TPSA) is 48.4 Å². The van der Waals surface area contributed by atoms with E-state index in [4.69, 9.17) is 0 Å². The molecule has 3 aromatic rings. The Morgan fingerprint density at radius 3 is 2.52 bits per heavy atom. The van der Waals surface area contributed by atoms with Crippen molar-refractivity contribution in [2.75, 3.05) is 26.0 Å². The maximum absolute atomic E-state index is 10.1. The molecule has 2 aromatic carbocycles. The van der Waals surface area contributed by atoms with Crippen LogP contribution >= 0.6 is 0 Å². The molecule has 0 aliphatic heterocycles. The molecule has 1 aromatic heterocycles. The van der Waals surface area contributed by atoms with Crippen molar-refractivity contribution in [2.24, 2.45) is 0 Å². The van der Waals surface area contributed by atoms with E-state index in [2.05, 4.69) is 16.4 Å². The first-order valence-corrected chi connectivity index (χ1v) is 7.67. The van der Waals surface area contributed by atoms with Gasteiger partial charge in [0, 0.05) is 29.5 Å². The Bertz CT molecular complexity index is 779. The fourth-order valence-corrected chi connectivity index (χ4v) is 2.60. The lowest BCUT2D eigenvalue weighted by atomic mass is 10.1. The molecule has 0 aliphatic rings. The van der Waals surface area contributed by atoms with Crippen LogP contribution in [0.3, 0.4) is 0 Å². The van der Waals surface area contributed by atoms with E-state index in [9.17, 15) is 5.11 Å². The summed E-state index contributed by atoms with van der Waals surface area (Å²) in [4.78, 5) is 6.34. The van der Waals surface area contributed by atoms with E-state index in [1.54, 1.807) is 6.20 Å². The van der Waals surface area contributed by atoms with Crippen molar-refractivity contribution in [2.45, 2.75) is 6.10 Å². The average Bonchev–Trinajstić information content (AvgIpc) is 2.55. The standard InChI is InChI=1S/C19H21N3O/c1-22(2)13-19(23)14-7-9-15(10-8-14)21-18-11-12-20-17-6-4-3-5-16(17)18/h3-12,19,23H,13H2,1-2H3,(H,20,21). The molecule has 4 nitrogen and oxygen atoms in total. The maximum Gasteiger partial charge on any atom is 0.0916 e. The van der Waals surface area contributed by atoms with Gasteiger partial charge in [0.25, 0.3) is 0 Å². The van der Waals surface area contributed by atoms with Gasteiger partial charge in [-0.1, -0.05) is 30.3 Å². The summed E-state index contributed by atoms with van der Waals surface area (Å²) >= 11 is 0. The summed E-state index contributed by atoms with van der Waals surface area (Å²) in [7, 11) is 3.90. The van der Waals surface area contributed by atoms with Gasteiger partial charge >= 0.3 is 0 Å². The molecule has 0 fully saturated rings. The Hall–Kier alpha value is -2.43. The number of nitrogens with zero attached hydrogens (tertiary/aromatic N) is 2. The molecular formula is C19H21N3O. The molecule has 1 atom stereocenters. The number of nitrogens with one attached hydrogen (secondary N) is 1. The van der Waals surface area contributed by atoms with Gasteiger partial charge in [-0.25, -0.2) is 0 Å². The van der Waals surface area contributed by atoms with Crippen molar-refractivity contribution < 1.29 is 5.11 Å². The van der Waals surface area contributed by atoms with Crippen LogP contribution in [-0.2, 0) is 0 Å². The quantitative estimate of drug-likeness (QED) is 0.756. The van der Waals surface area contributed by atoms with Gasteiger partial charge < -0.3 is 15.3 Å². The van der Waals surface area contributed by atoms with Crippen LogP contribution in [0, 0.1) is 0 Å². The van der Waals surface area contributed by atoms with Crippen LogP contribution in [0.15, 0.2) is 60.8 Å². The number of anilines is 2. The minimum atomic E-state index is -0.471. The number of benzene rings is 2. The highest BCUT2D eigenvalue weighted by molar-refractivity contribution is 5.92. The second-order valence-electron chi connectivity index (χ2n) is 5.90. The van der Waals surface area contributed by atoms with E-state index in [1.807, 2.05) is 67.5 Å². The molecule has 0 aliphatic carbocycles. The molecule has 0 spiro atoms. The zero-order chi connectivity index (χ0) is 16.2. The number of rotatable bonds is 5. The third-order valence-electron chi connectivity index (χ3n) is 3.76. The third kappa shape index (κ3) is 3.67. The summed E-state index contributed by atoms with van der Waals surface area (Å²) in [6.45, 7) is 0.613. The van der Waals surface area contributed by atoms with Crippen molar-refractivity contribution in [3.8, 4) is 0 Å². The molecule has 0 saturated heterocycles. The number of hydrogen-bond donors (Lipinski definition) is 2. The zero-order valence-corrected chi connectivity index (χ0v) is 13.4. The largest absolute Gasteiger partial charge is 0.387 e. The first kappa shape index (κ1) is 15.5. The van der Waals surface area contributed by atoms with Crippen LogP contribution < -0.4 is 5.32 Å². The van der Waals surface area contributed by atoms with E-state index >= 15 is 0 Å². The second-order valence-corrected chi connectivity index (χ2v) is 5.90. The molecule has 23 heavy (non-hydrogen) atoms. The van der Waals surface area contributed by atoms with Gasteiger partial charge in [0.05, 0.1) is 11.6 Å². The Morgan fingerprint density at radius 1 is 1.04 bits per heavy atom. The summed E-state index contributed by atoms with van der Waals surface area (Å²) in [6, 6.07) is 17.9. The highest BCUT2D eigenvalue weighted by Gasteiger charge is 2.08. The SMILES string of the molecule is CN(C)CC(O)c1ccc(Nc2ccnc3ccccc23)cc1. The lowest BCUT2D eigenvalue weighted by Gasteiger charge is -2.17. The molecule has 118 valence electrons. The number of fused-ring (bicyclic) bond motifs is 1. The highest BCUT2D eigenvalue weighted by Crippen LogP contribution is 2.25. The second kappa shape index (κ2) is 6.77. The number of aliphatic hydroxyl groups excluding tert-OH is 1. The molecule has 1 unspecified atom stereocenters. The summed E-state index contributed by atoms with van der Waals surface area (Å²) in [5.74, 6) is 0. The number of para-hydroxylation sites is 1. The number of aromatic nitrogens is 1. The molecule has 0 saturated carbocycles. The Morgan fingerprint density at radius 2 is 1.78 bits per heavy atom. The molecule has 0 amide bonds. The summed E-state index contributed by atoms with van der Waals surface area (Å²) in [5.41, 5.74) is 3.90. The van der Waals surface area contributed by atoms with Gasteiger partial charge in [-0.15, -0.1) is 0 Å². The fourth-order valence-electron chi connectivity index (χ4n) is 2.60. The molecule has 3 rings (SSSR count). The van der Waals surface area contributed by atoms with Gasteiger partial charge in [0.1, 0.15) is 0 Å². The first-order valence-electron chi connectivity index (χ1n) is 7.67. The van der Waals surface area contributed by atoms with Crippen LogP contribution in [-0.4, -0.2) is 35.6 Å². The van der Waals surface area contributed by atoms with Crippen LogP contribution in [0.5, 0.6) is 0 Å². The van der Waals surface area contributed by atoms with Gasteiger partial charge in [-0.3, -0.25) is 4.98 Å². The maximum atomic E-state index is 10.1. The van der Waals surface area contributed by atoms with Crippen molar-refractivity contribution in [3.63, 3.8) is 0 Å². The molecule has 0 radical (unpaired) electrons. The minimum Gasteiger partial charge on any atom is -0.387 e. The van der Waals surface area contributed by atoms with E-state index in [0.29, 0.717) is 6.54 Å². The van der Waals surface area contributed by atoms with Crippen LogP contribution in [0.2, 0.25) is 0 Å². The lowest BCUT2D eigenvalue weighted by Crippen LogP contribution is -2.19. The van der Waals surface area contributed by atoms with E-state index < -0.39 is 6.10 Å². The smallest absolute Gasteiger partial charge is 0.0916 e. The number of aliphatic hydroxyl groups is 1. The van der Waals surface area contributed by atoms with E-state index in [0.717, 1.165) is 27.8 Å². The number of likely N-dealkylation sites (N-methyl/N-ethyl adjacent to an activating group) is 1. The van der Waals surface area contributed by atoms with Gasteiger partial charge in [0.2, 0.25) is 0 Å². The minimum absolute atomic E-state index is 0.471. The van der Waals surface area contributed by atoms with Crippen LogP contribution in [0.25, 0.3) is 10.9 Å². The van der Waals surface area contributed by atoms with Crippen molar-refractivity contribution in [1.29, 1.82) is 0 Å². The van der Waals surface area contributed by atoms with Crippen molar-refractivity contribution >= 4 is 22.3 Å². The molecular weight excluding hydrogens is 286 g/mol. The summed E-state index contributed by atoms with van der Waals surface area (Å²) in [5, 5.41) is 14.7. The lowest BCUT2D eigenvalue weighted by molar-refractivity contribution is 0.138. The van der Waals surface area contributed by atoms with Gasteiger partial charge in [0.15, 0.2) is 0 Å². The summed E-state index contributed by atoms with van der Waals surface area (Å²) in [6.07, 6.45) is 1.33. The summed E-state index contributed by atoms with van der Waals surface area (Å²) < 4.78 is 0. The normalized spacial score (nSPS) is 12.5. The van der Waals surface area contributed by atoms with E-state index in [-0.39, 0.29) is 0 Å². The zero-order valence-electron chi connectivity index (χ0n) is 13.4. The average molecular weight is 307 g/mol. The fraction of sp³-hybridized carbons (Fsp3) is 0.211. The van der Waals surface area contributed by atoms with Gasteiger partial charge in [-0.05, 0) is 43.9 Å². The van der Waals surface area contributed by atoms with Crippen LogP contribution in [0.4, 0.5) is 11.4 Å². The molecule has 1 heterocycles. The third-order valence-corrected chi connectivity index (χ3v) is 3.76. The number of hydrogen-bond acceptors (Lipinski definition) is 4. The Balaban J connectivity index is 1.80. The first-order chi connectivity index (χ1) is 11.1. The monoisotopic (exact) mass is 307 g/mol. The van der Waals surface area contributed by atoms with Gasteiger partial charge in [-0.2, -0.15) is 0 Å². The molecule has 0 bridgehead atoms. The number of pyridine rings is 1. The Labute approximate surface area is 136 Å². The highest BCUT2D eigenvalue weighted by atomic mass is 16.3. The van der Waals surface area contributed by atoms with Crippen LogP contribution in [0.1, 0.15) is 11.7 Å². The van der Waals surface area contributed by atoms with E-state index in [1.165, 1.54) is 0 Å². The molecule has 4 heteroatoms. The van der Waals surface area contributed by atoms with Crippen molar-refractivity contribution in [3.05, 3.63) is 66.4 Å². The Kier molecular flexibility index (Phi) is 4.55. The predicted molar refractivity (Wildman–Crippen MR) is 95.0 cm³/mol. The predicted octanol–water partition coefficient (Wildman–Crippen LogP) is 3.57.